The summed E-state index contributed by atoms with van der Waals surface area (Å²) in [6, 6.07) is 18.7. The predicted octanol–water partition coefficient (Wildman–Crippen LogP) is 8.57. The molecule has 1 aliphatic carbocycles. The highest BCUT2D eigenvalue weighted by molar-refractivity contribution is 7.90. The van der Waals surface area contributed by atoms with Crippen LogP contribution in [0.4, 0.5) is 16.2 Å². The lowest BCUT2D eigenvalue weighted by Gasteiger charge is -2.39. The predicted molar refractivity (Wildman–Crippen MR) is 257 cm³/mol. The third-order valence-corrected chi connectivity index (χ3v) is 15.0. The first-order valence-electron chi connectivity index (χ1n) is 22.9. The number of aromatic amines is 1. The van der Waals surface area contributed by atoms with Gasteiger partial charge in [0.1, 0.15) is 22.9 Å². The highest BCUT2D eigenvalue weighted by atomic mass is 35.5. The number of rotatable bonds is 12. The number of allylic oxidation sites excluding steroid dienone is 1. The maximum absolute atomic E-state index is 14.1. The van der Waals surface area contributed by atoms with E-state index in [1.54, 1.807) is 29.3 Å². The largest absolute Gasteiger partial charge is 0.493 e. The Hall–Kier alpha value is -6.17. The summed E-state index contributed by atoms with van der Waals surface area (Å²) < 4.78 is 42.3. The molecular weight excluding hydrogens is 896 g/mol. The zero-order valence-corrected chi connectivity index (χ0v) is 39.3. The highest BCUT2D eigenvalue weighted by Crippen LogP contribution is 2.44. The van der Waals surface area contributed by atoms with Crippen molar-refractivity contribution in [3.63, 3.8) is 0 Å². The summed E-state index contributed by atoms with van der Waals surface area (Å²) in [5, 5.41) is 16.8. The maximum atomic E-state index is 14.1. The zero-order chi connectivity index (χ0) is 46.9. The fraction of sp³-hybridized carbons (Fsp3) is 0.408. The van der Waals surface area contributed by atoms with E-state index in [1.807, 2.05) is 18.2 Å². The Bertz CT molecular complexity index is 2830. The van der Waals surface area contributed by atoms with Crippen molar-refractivity contribution in [1.82, 2.24) is 29.8 Å². The molecule has 3 aromatic carbocycles. The first kappa shape index (κ1) is 46.0. The van der Waals surface area contributed by atoms with E-state index in [-0.39, 0.29) is 59.6 Å². The number of hydrogen-bond donors (Lipinski definition) is 3. The van der Waals surface area contributed by atoms with Crippen molar-refractivity contribution >= 4 is 61.5 Å². The molecule has 16 nitrogen and oxygen atoms in total. The smallest absolute Gasteiger partial charge is 0.317 e. The molecule has 0 saturated carbocycles. The quantitative estimate of drug-likeness (QED) is 0.0802. The van der Waals surface area contributed by atoms with Crippen LogP contribution in [0.15, 0.2) is 89.6 Å². The molecule has 2 aromatic heterocycles. The normalized spacial score (nSPS) is 18.8. The Labute approximate surface area is 394 Å². The number of piperazine rings is 1. The number of ether oxygens (including phenoxy) is 2. The number of H-pyrrole nitrogens is 1. The molecule has 352 valence electrons. The molecule has 2 fully saturated rings. The van der Waals surface area contributed by atoms with Gasteiger partial charge in [0, 0.05) is 98.8 Å². The highest BCUT2D eigenvalue weighted by Gasteiger charge is 2.34. The number of benzene rings is 3. The average molecular weight is 952 g/mol. The number of anilines is 1. The van der Waals surface area contributed by atoms with Crippen LogP contribution < -0.4 is 24.4 Å². The van der Waals surface area contributed by atoms with Crippen LogP contribution in [0, 0.1) is 21.4 Å². The Kier molecular flexibility index (Phi) is 13.2. The van der Waals surface area contributed by atoms with Crippen molar-refractivity contribution in [2.24, 2.45) is 11.3 Å². The number of halogens is 1. The minimum atomic E-state index is -4.68. The minimum absolute atomic E-state index is 0.0307. The number of sulfonamides is 1. The number of likely N-dealkylation sites (tertiary alicyclic amines) is 1. The van der Waals surface area contributed by atoms with Gasteiger partial charge in [0.15, 0.2) is 0 Å². The number of carbonyl (C=O) groups excluding carboxylic acids is 2. The van der Waals surface area contributed by atoms with Gasteiger partial charge >= 0.3 is 6.03 Å². The van der Waals surface area contributed by atoms with Gasteiger partial charge in [-0.3, -0.25) is 19.8 Å². The molecule has 2 saturated heterocycles. The van der Waals surface area contributed by atoms with E-state index in [2.05, 4.69) is 55.8 Å². The van der Waals surface area contributed by atoms with E-state index in [4.69, 9.17) is 21.1 Å². The van der Waals surface area contributed by atoms with Crippen molar-refractivity contribution in [1.29, 1.82) is 0 Å². The summed E-state index contributed by atoms with van der Waals surface area (Å²) in [5.41, 5.74) is 5.42. The summed E-state index contributed by atoms with van der Waals surface area (Å²) in [7, 11) is -4.68. The SMILES string of the molecule is CC1(C)CCC(CN2CCN(c3ccc(C(=O)NS(=O)(=O)c4cc5c(c([N+](=O)[O-])c4)C[C@@H](CNC(=O)N4CCCCC4)CO5)c(Oc4cnc5[nH]ccc5c4)c3)CC2)=C(c2ccc(Cl)cc2)C1. The molecular formula is C49H55ClN8O8S. The van der Waals surface area contributed by atoms with Crippen molar-refractivity contribution in [3.8, 4) is 17.2 Å². The number of nitrogens with one attached hydrogen (secondary N) is 3. The molecule has 18 heteroatoms. The van der Waals surface area contributed by atoms with Crippen LogP contribution in [0.5, 0.6) is 17.2 Å². The van der Waals surface area contributed by atoms with E-state index >= 15 is 0 Å². The van der Waals surface area contributed by atoms with Gasteiger partial charge in [0.05, 0.1) is 33.7 Å². The van der Waals surface area contributed by atoms with Crippen LogP contribution in [-0.4, -0.2) is 104 Å². The standard InChI is InChI=1S/C49H55ClN8O8S/c1-49(2)14-12-35(42(27-49)33-6-8-36(50)9-7-33)30-55-18-20-56(21-19-55)37-10-11-40(45(24-37)66-38-23-34-13-15-51-46(34)52-29-38)47(59)54-67(63,64)39-25-43(58(61)62)41-22-32(31-65-44(41)26-39)28-53-48(60)57-16-4-3-5-17-57/h6-11,13,15,23-26,29,32H,3-5,12,14,16-22,27-28,30-31H2,1-2H3,(H,51,52)(H,53,60)(H,54,59)/t32-/m0/s1. The van der Waals surface area contributed by atoms with Gasteiger partial charge in [-0.15, -0.1) is 0 Å². The Morgan fingerprint density at radius 3 is 2.54 bits per heavy atom. The second kappa shape index (κ2) is 19.2. The van der Waals surface area contributed by atoms with E-state index in [9.17, 15) is 28.1 Å². The lowest BCUT2D eigenvalue weighted by Crippen LogP contribution is -2.47. The number of nitro benzene ring substituents is 1. The summed E-state index contributed by atoms with van der Waals surface area (Å²) >= 11 is 6.25. The van der Waals surface area contributed by atoms with Gasteiger partial charge in [-0.25, -0.2) is 22.9 Å². The van der Waals surface area contributed by atoms with Crippen LogP contribution in [0.2, 0.25) is 5.02 Å². The van der Waals surface area contributed by atoms with Crippen LogP contribution in [0.1, 0.15) is 73.9 Å². The fourth-order valence-electron chi connectivity index (χ4n) is 9.60. The summed E-state index contributed by atoms with van der Waals surface area (Å²) in [4.78, 5) is 52.0. The van der Waals surface area contributed by atoms with Gasteiger partial charge in [-0.2, -0.15) is 0 Å². The number of nitrogens with zero attached hydrogens (tertiary/aromatic N) is 5. The second-order valence-electron chi connectivity index (χ2n) is 18.8. The molecule has 5 heterocycles. The minimum Gasteiger partial charge on any atom is -0.493 e. The van der Waals surface area contributed by atoms with Crippen LogP contribution in [-0.2, 0) is 16.4 Å². The van der Waals surface area contributed by atoms with Crippen LogP contribution in [0.25, 0.3) is 16.6 Å². The first-order chi connectivity index (χ1) is 32.2. The number of carbonyl (C=O) groups is 2. The number of hydrogen-bond acceptors (Lipinski definition) is 11. The molecule has 5 aromatic rings. The molecule has 0 bridgehead atoms. The van der Waals surface area contributed by atoms with Gasteiger partial charge in [-0.1, -0.05) is 43.2 Å². The lowest BCUT2D eigenvalue weighted by molar-refractivity contribution is -0.386. The van der Waals surface area contributed by atoms with Crippen molar-refractivity contribution in [2.45, 2.75) is 63.7 Å². The topological polar surface area (TPSA) is 192 Å². The zero-order valence-electron chi connectivity index (χ0n) is 37.7. The molecule has 3 N–H and O–H groups in total. The summed E-state index contributed by atoms with van der Waals surface area (Å²) in [6.45, 7) is 10.3. The number of pyridine rings is 1. The Morgan fingerprint density at radius 1 is 1.00 bits per heavy atom. The van der Waals surface area contributed by atoms with Crippen molar-refractivity contribution in [2.75, 3.05) is 63.9 Å². The molecule has 4 aliphatic rings. The number of aromatic nitrogens is 2. The summed E-state index contributed by atoms with van der Waals surface area (Å²) in [6.07, 6.45) is 9.59. The van der Waals surface area contributed by atoms with E-state index in [1.165, 1.54) is 35.0 Å². The Morgan fingerprint density at radius 2 is 1.78 bits per heavy atom. The maximum Gasteiger partial charge on any atom is 0.317 e. The number of piperidine rings is 1. The molecule has 0 spiro atoms. The number of urea groups is 1. The molecule has 67 heavy (non-hydrogen) atoms. The van der Waals surface area contributed by atoms with E-state index < -0.39 is 31.4 Å². The van der Waals surface area contributed by atoms with Gasteiger partial charge < -0.3 is 29.6 Å². The summed E-state index contributed by atoms with van der Waals surface area (Å²) in [5.74, 6) is -0.804. The average Bonchev–Trinajstić information content (AvgIpc) is 3.79. The van der Waals surface area contributed by atoms with Gasteiger partial charge in [-0.05, 0) is 97.9 Å². The molecule has 0 radical (unpaired) electrons. The fourth-order valence-corrected chi connectivity index (χ4v) is 10.7. The molecule has 9 rings (SSSR count). The van der Waals surface area contributed by atoms with Crippen LogP contribution in [0.3, 0.4) is 0 Å². The van der Waals surface area contributed by atoms with Gasteiger partial charge in [0.2, 0.25) is 0 Å². The second-order valence-corrected chi connectivity index (χ2v) is 20.9. The third kappa shape index (κ3) is 10.5. The van der Waals surface area contributed by atoms with E-state index in [0.29, 0.717) is 37.6 Å². The van der Waals surface area contributed by atoms with Crippen LogP contribution >= 0.6 is 11.6 Å². The molecule has 3 amide bonds. The molecule has 3 aliphatic heterocycles. The van der Waals surface area contributed by atoms with Crippen molar-refractivity contribution in [3.05, 3.63) is 117 Å². The first-order valence-corrected chi connectivity index (χ1v) is 24.8. The lowest BCUT2D eigenvalue weighted by atomic mass is 9.72. The Balaban J connectivity index is 0.919. The molecule has 1 atom stereocenters. The molecule has 0 unspecified atom stereocenters. The third-order valence-electron chi connectivity index (χ3n) is 13.4. The number of amides is 3. The van der Waals surface area contributed by atoms with E-state index in [0.717, 1.165) is 80.3 Å². The monoisotopic (exact) mass is 950 g/mol. The number of nitro groups is 1. The number of fused-ring (bicyclic) bond motifs is 2. The van der Waals surface area contributed by atoms with Crippen molar-refractivity contribution < 1.29 is 32.4 Å². The van der Waals surface area contributed by atoms with Gasteiger partial charge in [0.25, 0.3) is 21.6 Å².